The second kappa shape index (κ2) is 3.46. The fourth-order valence-corrected chi connectivity index (χ4v) is 1.08. The van der Waals surface area contributed by atoms with Crippen LogP contribution in [0.3, 0.4) is 0 Å². The molecular weight excluding hydrogens is 140 g/mol. The Bertz CT molecular complexity index is 180. The molecule has 2 heteroatoms. The molecule has 0 radical (unpaired) electrons. The first-order valence-corrected chi connectivity index (χ1v) is 3.91. The normalized spacial score (nSPS) is 23.2. The largest absolute Gasteiger partial charge is 0.508 e. The smallest absolute Gasteiger partial charge is 0.120 e. The van der Waals surface area contributed by atoms with E-state index in [1.807, 2.05) is 0 Å². The summed E-state index contributed by atoms with van der Waals surface area (Å²) in [7, 11) is 0. The highest BCUT2D eigenvalue weighted by Gasteiger charge is 2.11. The van der Waals surface area contributed by atoms with Gasteiger partial charge < -0.3 is 9.84 Å². The van der Waals surface area contributed by atoms with Crippen molar-refractivity contribution in [3.05, 3.63) is 24.2 Å². The van der Waals surface area contributed by atoms with E-state index in [1.165, 1.54) is 0 Å². The highest BCUT2D eigenvalue weighted by molar-refractivity contribution is 5.14. The monoisotopic (exact) mass is 154 g/mol. The molecule has 1 rings (SSSR count). The van der Waals surface area contributed by atoms with Crippen LogP contribution in [-0.4, -0.2) is 11.2 Å². The first-order chi connectivity index (χ1) is 5.18. The average Bonchev–Trinajstić information content (AvgIpc) is 1.85. The number of aliphatic hydroxyl groups excluding tert-OH is 1. The van der Waals surface area contributed by atoms with Crippen LogP contribution in [0.1, 0.15) is 20.3 Å². The third-order valence-electron chi connectivity index (χ3n) is 1.55. The van der Waals surface area contributed by atoms with Crippen molar-refractivity contribution in [3.8, 4) is 0 Å². The molecule has 1 atom stereocenters. The van der Waals surface area contributed by atoms with Gasteiger partial charge in [0, 0.05) is 6.08 Å². The van der Waals surface area contributed by atoms with Gasteiger partial charge in [-0.1, -0.05) is 13.8 Å². The molecule has 1 aliphatic rings. The third-order valence-corrected chi connectivity index (χ3v) is 1.55. The van der Waals surface area contributed by atoms with Crippen LogP contribution in [0, 0.1) is 5.92 Å². The SMILES string of the molecule is CC(C)CC1C=C(O)C=CO1. The molecular formula is C9H14O2. The van der Waals surface area contributed by atoms with Gasteiger partial charge in [0.05, 0.1) is 6.26 Å². The molecule has 11 heavy (non-hydrogen) atoms. The van der Waals surface area contributed by atoms with Gasteiger partial charge in [-0.15, -0.1) is 0 Å². The summed E-state index contributed by atoms with van der Waals surface area (Å²) in [6, 6.07) is 0. The Kier molecular flexibility index (Phi) is 2.58. The Balaban J connectivity index is 2.44. The fourth-order valence-electron chi connectivity index (χ4n) is 1.08. The van der Waals surface area contributed by atoms with Crippen LogP contribution in [0.2, 0.25) is 0 Å². The quantitative estimate of drug-likeness (QED) is 0.661. The van der Waals surface area contributed by atoms with Crippen LogP contribution in [-0.2, 0) is 4.74 Å². The Labute approximate surface area is 67.2 Å². The molecule has 1 N–H and O–H groups in total. The summed E-state index contributed by atoms with van der Waals surface area (Å²) in [6.45, 7) is 4.26. The minimum atomic E-state index is 0.0556. The van der Waals surface area contributed by atoms with E-state index in [-0.39, 0.29) is 6.10 Å². The van der Waals surface area contributed by atoms with E-state index in [1.54, 1.807) is 18.4 Å². The van der Waals surface area contributed by atoms with Crippen LogP contribution < -0.4 is 0 Å². The molecule has 1 aliphatic heterocycles. The first-order valence-electron chi connectivity index (χ1n) is 3.91. The zero-order valence-corrected chi connectivity index (χ0v) is 6.95. The zero-order valence-electron chi connectivity index (χ0n) is 6.95. The average molecular weight is 154 g/mol. The van der Waals surface area contributed by atoms with Crippen LogP contribution >= 0.6 is 0 Å². The molecule has 2 nitrogen and oxygen atoms in total. The number of ether oxygens (including phenoxy) is 1. The maximum atomic E-state index is 9.09. The van der Waals surface area contributed by atoms with Crippen LogP contribution in [0.5, 0.6) is 0 Å². The Hall–Kier alpha value is -0.920. The summed E-state index contributed by atoms with van der Waals surface area (Å²) < 4.78 is 5.24. The number of aliphatic hydroxyl groups is 1. The second-order valence-electron chi connectivity index (χ2n) is 3.20. The first kappa shape index (κ1) is 8.18. The maximum Gasteiger partial charge on any atom is 0.120 e. The highest BCUT2D eigenvalue weighted by atomic mass is 16.5. The lowest BCUT2D eigenvalue weighted by Gasteiger charge is -2.17. The van der Waals surface area contributed by atoms with Gasteiger partial charge in [-0.3, -0.25) is 0 Å². The lowest BCUT2D eigenvalue weighted by atomic mass is 10.0. The molecule has 0 aliphatic carbocycles. The lowest BCUT2D eigenvalue weighted by molar-refractivity contribution is 0.152. The number of rotatable bonds is 2. The highest BCUT2D eigenvalue weighted by Crippen LogP contribution is 2.14. The summed E-state index contributed by atoms with van der Waals surface area (Å²) in [5.41, 5.74) is 0. The molecule has 0 aromatic rings. The summed E-state index contributed by atoms with van der Waals surface area (Å²) in [4.78, 5) is 0. The zero-order chi connectivity index (χ0) is 8.27. The van der Waals surface area contributed by atoms with Crippen molar-refractivity contribution in [2.45, 2.75) is 26.4 Å². The Morgan fingerprint density at radius 3 is 2.91 bits per heavy atom. The van der Waals surface area contributed by atoms with Gasteiger partial charge in [-0.05, 0) is 18.4 Å². The van der Waals surface area contributed by atoms with E-state index in [2.05, 4.69) is 13.8 Å². The number of hydrogen-bond acceptors (Lipinski definition) is 2. The van der Waals surface area contributed by atoms with Gasteiger partial charge >= 0.3 is 0 Å². The van der Waals surface area contributed by atoms with E-state index >= 15 is 0 Å². The van der Waals surface area contributed by atoms with Gasteiger partial charge in [0.1, 0.15) is 11.9 Å². The summed E-state index contributed by atoms with van der Waals surface area (Å²) in [5, 5.41) is 9.09. The topological polar surface area (TPSA) is 29.5 Å². The van der Waals surface area contributed by atoms with E-state index in [0.717, 1.165) is 6.42 Å². The summed E-state index contributed by atoms with van der Waals surface area (Å²) >= 11 is 0. The molecule has 0 spiro atoms. The second-order valence-corrected chi connectivity index (χ2v) is 3.20. The van der Waals surface area contributed by atoms with Gasteiger partial charge in [-0.25, -0.2) is 0 Å². The summed E-state index contributed by atoms with van der Waals surface area (Å²) in [5.74, 6) is 0.900. The van der Waals surface area contributed by atoms with Crippen molar-refractivity contribution in [2.75, 3.05) is 0 Å². The lowest BCUT2D eigenvalue weighted by Crippen LogP contribution is -2.12. The van der Waals surface area contributed by atoms with Crippen molar-refractivity contribution in [1.29, 1.82) is 0 Å². The van der Waals surface area contributed by atoms with E-state index in [9.17, 15) is 0 Å². The van der Waals surface area contributed by atoms with E-state index in [0.29, 0.717) is 11.7 Å². The Morgan fingerprint density at radius 2 is 2.36 bits per heavy atom. The van der Waals surface area contributed by atoms with Crippen molar-refractivity contribution in [1.82, 2.24) is 0 Å². The molecule has 0 saturated heterocycles. The molecule has 0 fully saturated rings. The van der Waals surface area contributed by atoms with E-state index in [4.69, 9.17) is 9.84 Å². The number of hydrogen-bond donors (Lipinski definition) is 1. The standard InChI is InChI=1S/C9H14O2/c1-7(2)5-9-6-8(10)3-4-11-9/h3-4,6-7,9-10H,5H2,1-2H3. The van der Waals surface area contributed by atoms with Crippen molar-refractivity contribution < 1.29 is 9.84 Å². The van der Waals surface area contributed by atoms with Crippen molar-refractivity contribution in [3.63, 3.8) is 0 Å². The minimum Gasteiger partial charge on any atom is -0.508 e. The Morgan fingerprint density at radius 1 is 1.64 bits per heavy atom. The fraction of sp³-hybridized carbons (Fsp3) is 0.556. The summed E-state index contributed by atoms with van der Waals surface area (Å²) in [6.07, 6.45) is 5.84. The molecule has 0 aromatic carbocycles. The van der Waals surface area contributed by atoms with Gasteiger partial charge in [0.15, 0.2) is 0 Å². The maximum absolute atomic E-state index is 9.09. The molecule has 1 unspecified atom stereocenters. The molecule has 1 heterocycles. The van der Waals surface area contributed by atoms with Crippen LogP contribution in [0.15, 0.2) is 24.2 Å². The van der Waals surface area contributed by atoms with Gasteiger partial charge in [0.25, 0.3) is 0 Å². The van der Waals surface area contributed by atoms with Crippen molar-refractivity contribution in [2.24, 2.45) is 5.92 Å². The number of allylic oxidation sites excluding steroid dienone is 1. The van der Waals surface area contributed by atoms with Crippen molar-refractivity contribution >= 4 is 0 Å². The van der Waals surface area contributed by atoms with Crippen LogP contribution in [0.25, 0.3) is 0 Å². The predicted molar refractivity (Wildman–Crippen MR) is 44.2 cm³/mol. The predicted octanol–water partition coefficient (Wildman–Crippen LogP) is 2.39. The van der Waals surface area contributed by atoms with Gasteiger partial charge in [0.2, 0.25) is 0 Å². The molecule has 62 valence electrons. The molecule has 0 aromatic heterocycles. The third kappa shape index (κ3) is 2.66. The van der Waals surface area contributed by atoms with Gasteiger partial charge in [-0.2, -0.15) is 0 Å². The molecule has 0 saturated carbocycles. The molecule has 0 amide bonds. The minimum absolute atomic E-state index is 0.0556. The molecule has 0 bridgehead atoms. The van der Waals surface area contributed by atoms with E-state index < -0.39 is 0 Å². The van der Waals surface area contributed by atoms with Crippen LogP contribution in [0.4, 0.5) is 0 Å².